The Kier molecular flexibility index (Phi) is 7.48. The Bertz CT molecular complexity index is 280. The van der Waals surface area contributed by atoms with Crippen molar-refractivity contribution in [2.75, 3.05) is 40.4 Å². The van der Waals surface area contributed by atoms with E-state index in [-0.39, 0.29) is 0 Å². The number of likely N-dealkylation sites (N-methyl/N-ethyl adjacent to an activating group) is 1. The van der Waals surface area contributed by atoms with Crippen LogP contribution >= 0.6 is 0 Å². The predicted molar refractivity (Wildman–Crippen MR) is 89.6 cm³/mol. The van der Waals surface area contributed by atoms with Gasteiger partial charge in [-0.1, -0.05) is 19.8 Å². The van der Waals surface area contributed by atoms with Crippen molar-refractivity contribution in [2.45, 2.75) is 57.9 Å². The minimum atomic E-state index is 0.716. The standard InChI is InChI=1S/C18H36N2O/c1-4-5-15-8-9-18(19-2)17(12-15)13-20(3)10-11-21-14-16-6-7-16/h15-19H,4-14H2,1-3H3. The molecule has 3 heteroatoms. The second-order valence-electron chi connectivity index (χ2n) is 7.40. The normalized spacial score (nSPS) is 30.0. The monoisotopic (exact) mass is 296 g/mol. The molecule has 2 saturated carbocycles. The molecule has 0 aromatic rings. The van der Waals surface area contributed by atoms with Gasteiger partial charge >= 0.3 is 0 Å². The van der Waals surface area contributed by atoms with Crippen LogP contribution in [0.5, 0.6) is 0 Å². The van der Waals surface area contributed by atoms with E-state index < -0.39 is 0 Å². The number of rotatable bonds is 10. The summed E-state index contributed by atoms with van der Waals surface area (Å²) in [5.41, 5.74) is 0. The summed E-state index contributed by atoms with van der Waals surface area (Å²) in [6, 6.07) is 0.716. The summed E-state index contributed by atoms with van der Waals surface area (Å²) in [6.07, 6.45) is 9.73. The van der Waals surface area contributed by atoms with E-state index >= 15 is 0 Å². The molecule has 0 saturated heterocycles. The van der Waals surface area contributed by atoms with Gasteiger partial charge in [0, 0.05) is 25.7 Å². The van der Waals surface area contributed by atoms with E-state index in [4.69, 9.17) is 4.74 Å². The Hall–Kier alpha value is -0.120. The van der Waals surface area contributed by atoms with Crippen LogP contribution in [0.15, 0.2) is 0 Å². The fourth-order valence-electron chi connectivity index (χ4n) is 3.86. The molecule has 3 nitrogen and oxygen atoms in total. The molecule has 124 valence electrons. The van der Waals surface area contributed by atoms with E-state index in [0.29, 0.717) is 6.04 Å². The molecule has 21 heavy (non-hydrogen) atoms. The van der Waals surface area contributed by atoms with Gasteiger partial charge in [-0.3, -0.25) is 0 Å². The number of nitrogens with one attached hydrogen (secondary N) is 1. The molecule has 2 rings (SSSR count). The van der Waals surface area contributed by atoms with Crippen molar-refractivity contribution in [3.8, 4) is 0 Å². The first-order chi connectivity index (χ1) is 10.2. The molecule has 0 aromatic carbocycles. The van der Waals surface area contributed by atoms with Crippen molar-refractivity contribution in [3.63, 3.8) is 0 Å². The highest BCUT2D eigenvalue weighted by molar-refractivity contribution is 4.85. The number of hydrogen-bond donors (Lipinski definition) is 1. The van der Waals surface area contributed by atoms with Crippen molar-refractivity contribution in [2.24, 2.45) is 17.8 Å². The van der Waals surface area contributed by atoms with Gasteiger partial charge in [0.2, 0.25) is 0 Å². The lowest BCUT2D eigenvalue weighted by Gasteiger charge is -2.38. The molecule has 0 bridgehead atoms. The predicted octanol–water partition coefficient (Wildman–Crippen LogP) is 3.15. The largest absolute Gasteiger partial charge is 0.380 e. The first kappa shape index (κ1) is 17.2. The van der Waals surface area contributed by atoms with Gasteiger partial charge in [0.05, 0.1) is 6.61 Å². The zero-order valence-electron chi connectivity index (χ0n) is 14.4. The van der Waals surface area contributed by atoms with Crippen molar-refractivity contribution in [1.29, 1.82) is 0 Å². The van der Waals surface area contributed by atoms with Crippen molar-refractivity contribution in [1.82, 2.24) is 10.2 Å². The molecule has 3 unspecified atom stereocenters. The highest BCUT2D eigenvalue weighted by atomic mass is 16.5. The van der Waals surface area contributed by atoms with Gasteiger partial charge in [-0.05, 0) is 64.0 Å². The van der Waals surface area contributed by atoms with Crippen LogP contribution in [0, 0.1) is 17.8 Å². The van der Waals surface area contributed by atoms with E-state index in [2.05, 4.69) is 31.2 Å². The summed E-state index contributed by atoms with van der Waals surface area (Å²) in [5, 5.41) is 3.55. The molecule has 0 heterocycles. The molecular weight excluding hydrogens is 260 g/mol. The van der Waals surface area contributed by atoms with Gasteiger partial charge in [-0.2, -0.15) is 0 Å². The molecule has 0 radical (unpaired) electrons. The zero-order chi connectivity index (χ0) is 15.1. The van der Waals surface area contributed by atoms with Crippen LogP contribution in [-0.2, 0) is 4.74 Å². The van der Waals surface area contributed by atoms with Crippen molar-refractivity contribution < 1.29 is 4.74 Å². The highest BCUT2D eigenvalue weighted by Gasteiger charge is 2.29. The molecule has 0 aliphatic heterocycles. The second-order valence-corrected chi connectivity index (χ2v) is 7.40. The quantitative estimate of drug-likeness (QED) is 0.627. The minimum Gasteiger partial charge on any atom is -0.380 e. The lowest BCUT2D eigenvalue weighted by molar-refractivity contribution is 0.0885. The third kappa shape index (κ3) is 6.25. The Morgan fingerprint density at radius 1 is 1.14 bits per heavy atom. The van der Waals surface area contributed by atoms with Crippen LogP contribution < -0.4 is 5.32 Å². The first-order valence-corrected chi connectivity index (χ1v) is 9.16. The molecule has 2 aliphatic carbocycles. The van der Waals surface area contributed by atoms with Crippen molar-refractivity contribution >= 4 is 0 Å². The third-order valence-corrected chi connectivity index (χ3v) is 5.37. The fraction of sp³-hybridized carbons (Fsp3) is 1.00. The Morgan fingerprint density at radius 3 is 2.57 bits per heavy atom. The van der Waals surface area contributed by atoms with E-state index in [0.717, 1.165) is 37.5 Å². The van der Waals surface area contributed by atoms with Gasteiger partial charge in [-0.15, -0.1) is 0 Å². The molecule has 0 aromatic heterocycles. The zero-order valence-corrected chi connectivity index (χ0v) is 14.4. The Balaban J connectivity index is 1.66. The average Bonchev–Trinajstić information content (AvgIpc) is 3.28. The lowest BCUT2D eigenvalue weighted by Crippen LogP contribution is -2.44. The Morgan fingerprint density at radius 2 is 1.90 bits per heavy atom. The summed E-state index contributed by atoms with van der Waals surface area (Å²) < 4.78 is 5.77. The van der Waals surface area contributed by atoms with Crippen LogP contribution in [0.3, 0.4) is 0 Å². The number of hydrogen-bond acceptors (Lipinski definition) is 3. The first-order valence-electron chi connectivity index (χ1n) is 9.16. The van der Waals surface area contributed by atoms with E-state index in [9.17, 15) is 0 Å². The number of nitrogens with zero attached hydrogens (tertiary/aromatic N) is 1. The summed E-state index contributed by atoms with van der Waals surface area (Å²) in [5.74, 6) is 2.66. The van der Waals surface area contributed by atoms with Crippen LogP contribution in [0.1, 0.15) is 51.9 Å². The second kappa shape index (κ2) is 9.12. The average molecular weight is 296 g/mol. The molecule has 3 atom stereocenters. The third-order valence-electron chi connectivity index (χ3n) is 5.37. The lowest BCUT2D eigenvalue weighted by atomic mass is 9.76. The van der Waals surface area contributed by atoms with Crippen LogP contribution in [0.25, 0.3) is 0 Å². The summed E-state index contributed by atoms with van der Waals surface area (Å²) in [6.45, 7) is 6.52. The molecule has 0 spiro atoms. The fourth-order valence-corrected chi connectivity index (χ4v) is 3.86. The van der Waals surface area contributed by atoms with E-state index in [1.165, 1.54) is 51.5 Å². The summed E-state index contributed by atoms with van der Waals surface area (Å²) >= 11 is 0. The summed E-state index contributed by atoms with van der Waals surface area (Å²) in [7, 11) is 4.40. The van der Waals surface area contributed by atoms with Crippen LogP contribution in [-0.4, -0.2) is 51.3 Å². The SMILES string of the molecule is CCCC1CCC(NC)C(CN(C)CCOCC2CC2)C1. The molecular formula is C18H36N2O. The van der Waals surface area contributed by atoms with Gasteiger partial charge < -0.3 is 15.0 Å². The van der Waals surface area contributed by atoms with Crippen LogP contribution in [0.2, 0.25) is 0 Å². The maximum absolute atomic E-state index is 5.77. The number of ether oxygens (including phenoxy) is 1. The van der Waals surface area contributed by atoms with Crippen LogP contribution in [0.4, 0.5) is 0 Å². The van der Waals surface area contributed by atoms with Gasteiger partial charge in [-0.25, -0.2) is 0 Å². The minimum absolute atomic E-state index is 0.716. The van der Waals surface area contributed by atoms with Gasteiger partial charge in [0.1, 0.15) is 0 Å². The highest BCUT2D eigenvalue weighted by Crippen LogP contribution is 2.32. The molecule has 2 fully saturated rings. The van der Waals surface area contributed by atoms with Gasteiger partial charge in [0.25, 0.3) is 0 Å². The van der Waals surface area contributed by atoms with Gasteiger partial charge in [0.15, 0.2) is 0 Å². The van der Waals surface area contributed by atoms with E-state index in [1.807, 2.05) is 0 Å². The summed E-state index contributed by atoms with van der Waals surface area (Å²) in [4.78, 5) is 2.48. The van der Waals surface area contributed by atoms with Crippen molar-refractivity contribution in [3.05, 3.63) is 0 Å². The molecule has 0 amide bonds. The Labute approximate surface area is 131 Å². The maximum atomic E-state index is 5.77. The molecule has 1 N–H and O–H groups in total. The molecule has 2 aliphatic rings. The maximum Gasteiger partial charge on any atom is 0.0593 e. The van der Waals surface area contributed by atoms with E-state index in [1.54, 1.807) is 0 Å². The smallest absolute Gasteiger partial charge is 0.0593 e. The topological polar surface area (TPSA) is 24.5 Å².